The molecule has 2 heterocycles. The maximum atomic E-state index is 12.9. The number of aryl methyl sites for hydroxylation is 1. The van der Waals surface area contributed by atoms with Crippen LogP contribution in [0.2, 0.25) is 0 Å². The van der Waals surface area contributed by atoms with Gasteiger partial charge in [0, 0.05) is 25.3 Å². The molecule has 1 fully saturated rings. The Hall–Kier alpha value is -2.14. The number of piperidine rings is 1. The summed E-state index contributed by atoms with van der Waals surface area (Å²) in [7, 11) is 0. The molecule has 0 saturated carbocycles. The topological polar surface area (TPSA) is 66.6 Å². The zero-order valence-electron chi connectivity index (χ0n) is 14.3. The minimum Gasteiger partial charge on any atom is -0.443 e. The predicted molar refractivity (Wildman–Crippen MR) is 91.6 cm³/mol. The van der Waals surface area contributed by atoms with E-state index >= 15 is 0 Å². The third kappa shape index (κ3) is 3.08. The fourth-order valence-electron chi connectivity index (χ4n) is 3.27. The monoisotopic (exact) mass is 328 g/mol. The highest BCUT2D eigenvalue weighted by Crippen LogP contribution is 2.35. The van der Waals surface area contributed by atoms with Crippen molar-refractivity contribution in [2.75, 3.05) is 19.7 Å². The normalized spacial score (nSPS) is 17.0. The van der Waals surface area contributed by atoms with Gasteiger partial charge in [0.05, 0.1) is 0 Å². The summed E-state index contributed by atoms with van der Waals surface area (Å²) in [6, 6.07) is 7.86. The molecule has 0 radical (unpaired) electrons. The highest BCUT2D eigenvalue weighted by Gasteiger charge is 2.35. The summed E-state index contributed by atoms with van der Waals surface area (Å²) in [5.41, 5.74) is 2.34. The van der Waals surface area contributed by atoms with Crippen LogP contribution in [0.1, 0.15) is 42.2 Å². The summed E-state index contributed by atoms with van der Waals surface area (Å²) in [6.45, 7) is 5.59. The molecule has 1 N–H and O–H groups in total. The number of likely N-dealkylation sites (tertiary alicyclic amines) is 1. The van der Waals surface area contributed by atoms with E-state index in [1.54, 1.807) is 0 Å². The fourth-order valence-corrected chi connectivity index (χ4v) is 3.27. The summed E-state index contributed by atoms with van der Waals surface area (Å²) < 4.78 is 5.49. The Labute approximate surface area is 142 Å². The van der Waals surface area contributed by atoms with Crippen molar-refractivity contribution in [2.45, 2.75) is 33.1 Å². The van der Waals surface area contributed by atoms with Crippen molar-refractivity contribution in [3.05, 3.63) is 41.9 Å². The molecule has 0 aliphatic carbocycles. The minimum atomic E-state index is -0.0954. The summed E-state index contributed by atoms with van der Waals surface area (Å²) >= 11 is 0. The molecular weight excluding hydrogens is 304 g/mol. The standard InChI is InChI=1S/C19H24N2O3/c1-3-19(12-22)8-10-21(11-9-19)18(23)16-17(24-13-20-16)15-6-4-14(2)5-7-15/h4-7,13,22H,3,8-12H2,1-2H3. The van der Waals surface area contributed by atoms with Crippen LogP contribution in [0, 0.1) is 12.3 Å². The Bertz CT molecular complexity index is 692. The van der Waals surface area contributed by atoms with Crippen molar-refractivity contribution in [1.29, 1.82) is 0 Å². The second-order valence-corrected chi connectivity index (χ2v) is 6.70. The number of carbonyl (C=O) groups excluding carboxylic acids is 1. The largest absolute Gasteiger partial charge is 0.443 e. The van der Waals surface area contributed by atoms with Crippen LogP contribution < -0.4 is 0 Å². The van der Waals surface area contributed by atoms with Crippen molar-refractivity contribution in [2.24, 2.45) is 5.41 Å². The average Bonchev–Trinajstić information content (AvgIpc) is 3.11. The molecule has 1 amide bonds. The number of nitrogens with zero attached hydrogens (tertiary/aromatic N) is 2. The molecule has 1 aromatic carbocycles. The minimum absolute atomic E-state index is 0.0413. The predicted octanol–water partition coefficient (Wildman–Crippen LogP) is 3.27. The van der Waals surface area contributed by atoms with E-state index in [0.29, 0.717) is 24.5 Å². The van der Waals surface area contributed by atoms with Gasteiger partial charge in [-0.25, -0.2) is 4.98 Å². The Balaban J connectivity index is 1.78. The van der Waals surface area contributed by atoms with Crippen LogP contribution in [0.5, 0.6) is 0 Å². The van der Waals surface area contributed by atoms with Crippen LogP contribution in [0.3, 0.4) is 0 Å². The Morgan fingerprint density at radius 1 is 1.29 bits per heavy atom. The molecule has 128 valence electrons. The van der Waals surface area contributed by atoms with Crippen molar-refractivity contribution in [3.8, 4) is 11.3 Å². The second kappa shape index (κ2) is 6.77. The van der Waals surface area contributed by atoms with Gasteiger partial charge < -0.3 is 14.4 Å². The SMILES string of the molecule is CCC1(CO)CCN(C(=O)c2ncoc2-c2ccc(C)cc2)CC1. The van der Waals surface area contributed by atoms with Gasteiger partial charge in [-0.3, -0.25) is 4.79 Å². The third-order valence-electron chi connectivity index (χ3n) is 5.28. The lowest BCUT2D eigenvalue weighted by Crippen LogP contribution is -2.44. The quantitative estimate of drug-likeness (QED) is 0.935. The summed E-state index contributed by atoms with van der Waals surface area (Å²) in [6.07, 6.45) is 3.91. The fraction of sp³-hybridized carbons (Fsp3) is 0.474. The molecule has 0 spiro atoms. The Kier molecular flexibility index (Phi) is 4.71. The van der Waals surface area contributed by atoms with Gasteiger partial charge in [-0.2, -0.15) is 0 Å². The Morgan fingerprint density at radius 3 is 2.54 bits per heavy atom. The zero-order valence-corrected chi connectivity index (χ0v) is 14.3. The van der Waals surface area contributed by atoms with E-state index in [1.165, 1.54) is 6.39 Å². The maximum Gasteiger partial charge on any atom is 0.276 e. The number of aliphatic hydroxyl groups is 1. The highest BCUT2D eigenvalue weighted by atomic mass is 16.3. The molecule has 2 aromatic rings. The van der Waals surface area contributed by atoms with Crippen LogP contribution in [-0.2, 0) is 0 Å². The van der Waals surface area contributed by atoms with E-state index < -0.39 is 0 Å². The number of amides is 1. The average molecular weight is 328 g/mol. The van der Waals surface area contributed by atoms with Crippen molar-refractivity contribution in [1.82, 2.24) is 9.88 Å². The first-order valence-electron chi connectivity index (χ1n) is 8.49. The molecule has 5 nitrogen and oxygen atoms in total. The zero-order chi connectivity index (χ0) is 17.2. The number of hydrogen-bond acceptors (Lipinski definition) is 4. The van der Waals surface area contributed by atoms with Crippen LogP contribution in [0.4, 0.5) is 0 Å². The molecular formula is C19H24N2O3. The van der Waals surface area contributed by atoms with Gasteiger partial charge in [0.25, 0.3) is 5.91 Å². The lowest BCUT2D eigenvalue weighted by atomic mass is 9.77. The molecule has 3 rings (SSSR count). The number of oxazole rings is 1. The summed E-state index contributed by atoms with van der Waals surface area (Å²) in [5, 5.41) is 9.63. The smallest absolute Gasteiger partial charge is 0.276 e. The van der Waals surface area contributed by atoms with Crippen LogP contribution >= 0.6 is 0 Å². The molecule has 1 aliphatic rings. The number of hydrogen-bond donors (Lipinski definition) is 1. The summed E-state index contributed by atoms with van der Waals surface area (Å²) in [4.78, 5) is 18.8. The van der Waals surface area contributed by atoms with E-state index in [1.807, 2.05) is 36.1 Å². The first-order valence-corrected chi connectivity index (χ1v) is 8.49. The first-order chi connectivity index (χ1) is 11.6. The van der Waals surface area contributed by atoms with Gasteiger partial charge in [0.2, 0.25) is 0 Å². The number of carbonyl (C=O) groups is 1. The number of aromatic nitrogens is 1. The van der Waals surface area contributed by atoms with Crippen molar-refractivity contribution >= 4 is 5.91 Å². The highest BCUT2D eigenvalue weighted by molar-refractivity contribution is 5.97. The van der Waals surface area contributed by atoms with Gasteiger partial charge in [-0.1, -0.05) is 36.8 Å². The first kappa shape index (κ1) is 16.7. The van der Waals surface area contributed by atoms with E-state index in [9.17, 15) is 9.90 Å². The molecule has 24 heavy (non-hydrogen) atoms. The van der Waals surface area contributed by atoms with E-state index in [-0.39, 0.29) is 17.9 Å². The molecule has 1 aliphatic heterocycles. The van der Waals surface area contributed by atoms with Crippen molar-refractivity contribution < 1.29 is 14.3 Å². The number of rotatable bonds is 4. The van der Waals surface area contributed by atoms with Gasteiger partial charge in [0.15, 0.2) is 17.8 Å². The number of aliphatic hydroxyl groups excluding tert-OH is 1. The van der Waals surface area contributed by atoms with Crippen LogP contribution in [0.15, 0.2) is 35.1 Å². The lowest BCUT2D eigenvalue weighted by molar-refractivity contribution is 0.0335. The molecule has 0 atom stereocenters. The molecule has 5 heteroatoms. The van der Waals surface area contributed by atoms with Crippen molar-refractivity contribution in [3.63, 3.8) is 0 Å². The van der Waals surface area contributed by atoms with Crippen LogP contribution in [-0.4, -0.2) is 40.6 Å². The molecule has 1 saturated heterocycles. The van der Waals surface area contributed by atoms with E-state index in [2.05, 4.69) is 11.9 Å². The number of benzene rings is 1. The molecule has 0 bridgehead atoms. The van der Waals surface area contributed by atoms with E-state index in [0.717, 1.165) is 30.4 Å². The van der Waals surface area contributed by atoms with Gasteiger partial charge in [-0.05, 0) is 31.6 Å². The van der Waals surface area contributed by atoms with Gasteiger partial charge in [0.1, 0.15) is 0 Å². The molecule has 1 aromatic heterocycles. The maximum absolute atomic E-state index is 12.9. The summed E-state index contributed by atoms with van der Waals surface area (Å²) in [5.74, 6) is 0.427. The Morgan fingerprint density at radius 2 is 1.96 bits per heavy atom. The van der Waals surface area contributed by atoms with Crippen LogP contribution in [0.25, 0.3) is 11.3 Å². The third-order valence-corrected chi connectivity index (χ3v) is 5.28. The lowest BCUT2D eigenvalue weighted by Gasteiger charge is -2.40. The second-order valence-electron chi connectivity index (χ2n) is 6.70. The molecule has 0 unspecified atom stereocenters. The van der Waals surface area contributed by atoms with Gasteiger partial charge >= 0.3 is 0 Å². The van der Waals surface area contributed by atoms with Gasteiger partial charge in [-0.15, -0.1) is 0 Å². The van der Waals surface area contributed by atoms with E-state index in [4.69, 9.17) is 4.42 Å².